The summed E-state index contributed by atoms with van der Waals surface area (Å²) in [4.78, 5) is 0.863. The van der Waals surface area contributed by atoms with Gasteiger partial charge in [-0.3, -0.25) is 0 Å². The fourth-order valence-electron chi connectivity index (χ4n) is 1.96. The van der Waals surface area contributed by atoms with Gasteiger partial charge in [0, 0.05) is 12.0 Å². The molecule has 1 heterocycles. The lowest BCUT2D eigenvalue weighted by molar-refractivity contribution is 0.679. The summed E-state index contributed by atoms with van der Waals surface area (Å²) < 4.78 is 16.5. The maximum Gasteiger partial charge on any atom is 0.0774 e. The highest BCUT2D eigenvalue weighted by atomic mass is 32.2. The normalized spacial score (nSPS) is 23.7. The molecule has 0 aliphatic carbocycles. The van der Waals surface area contributed by atoms with Crippen LogP contribution in [0.2, 0.25) is 0 Å². The first kappa shape index (κ1) is 11.4. The summed E-state index contributed by atoms with van der Waals surface area (Å²) in [5.74, 6) is 0.491. The fourth-order valence-corrected chi connectivity index (χ4v) is 3.54. The molecule has 2 rings (SSSR count). The maximum absolute atomic E-state index is 12.3. The predicted molar refractivity (Wildman–Crippen MR) is 68.9 cm³/mol. The zero-order chi connectivity index (χ0) is 11.9. The van der Waals surface area contributed by atoms with Gasteiger partial charge in [0.05, 0.1) is 14.6 Å². The van der Waals surface area contributed by atoms with Gasteiger partial charge >= 0.3 is 0 Å². The third-order valence-electron chi connectivity index (χ3n) is 2.79. The zero-order valence-corrected chi connectivity index (χ0v) is 11.0. The van der Waals surface area contributed by atoms with Crippen molar-refractivity contribution in [2.45, 2.75) is 31.6 Å². The standard InChI is InChI=1S/C13H17NOS/c1-9(2)11-5-6-13-12(8-11)7-10(3)14-16(13,4)15/h5-9H,1-4H3. The predicted octanol–water partition coefficient (Wildman–Crippen LogP) is 3.64. The van der Waals surface area contributed by atoms with E-state index in [4.69, 9.17) is 0 Å². The van der Waals surface area contributed by atoms with Crippen LogP contribution in [0.15, 0.2) is 33.2 Å². The Balaban J connectivity index is 2.68. The quantitative estimate of drug-likeness (QED) is 0.730. The highest BCUT2D eigenvalue weighted by Crippen LogP contribution is 2.29. The van der Waals surface area contributed by atoms with E-state index in [1.54, 1.807) is 6.26 Å². The summed E-state index contributed by atoms with van der Waals surface area (Å²) >= 11 is 0. The van der Waals surface area contributed by atoms with Crippen LogP contribution in [0.5, 0.6) is 0 Å². The van der Waals surface area contributed by atoms with E-state index >= 15 is 0 Å². The van der Waals surface area contributed by atoms with E-state index in [1.165, 1.54) is 5.56 Å². The van der Waals surface area contributed by atoms with Crippen molar-refractivity contribution in [2.24, 2.45) is 4.36 Å². The molecule has 0 fully saturated rings. The van der Waals surface area contributed by atoms with Gasteiger partial charge in [0.25, 0.3) is 0 Å². The van der Waals surface area contributed by atoms with Crippen molar-refractivity contribution in [3.8, 4) is 0 Å². The van der Waals surface area contributed by atoms with Crippen LogP contribution in [-0.2, 0) is 9.73 Å². The molecule has 0 saturated heterocycles. The Labute approximate surface area is 97.6 Å². The molecule has 0 bridgehead atoms. The average molecular weight is 235 g/mol. The van der Waals surface area contributed by atoms with Crippen LogP contribution in [-0.4, -0.2) is 10.5 Å². The van der Waals surface area contributed by atoms with Crippen LogP contribution in [0, 0.1) is 0 Å². The SMILES string of the molecule is CC1=Cc2cc(C(C)C)ccc2S(C)(=O)=N1. The molecular weight excluding hydrogens is 218 g/mol. The first-order valence-corrected chi connectivity index (χ1v) is 7.37. The molecule has 2 nitrogen and oxygen atoms in total. The number of allylic oxidation sites excluding steroid dienone is 1. The lowest BCUT2D eigenvalue weighted by atomic mass is 10.0. The minimum atomic E-state index is -2.23. The minimum absolute atomic E-state index is 0.491. The number of nitrogens with zero attached hydrogens (tertiary/aromatic N) is 1. The van der Waals surface area contributed by atoms with Crippen LogP contribution in [0.3, 0.4) is 0 Å². The average Bonchev–Trinajstić information content (AvgIpc) is 2.14. The second-order valence-corrected chi connectivity index (χ2v) is 6.86. The smallest absolute Gasteiger partial charge is 0.0774 e. The number of rotatable bonds is 1. The van der Waals surface area contributed by atoms with Crippen molar-refractivity contribution in [3.05, 3.63) is 35.0 Å². The van der Waals surface area contributed by atoms with Gasteiger partial charge in [-0.25, -0.2) is 8.57 Å². The van der Waals surface area contributed by atoms with Gasteiger partial charge < -0.3 is 0 Å². The van der Waals surface area contributed by atoms with Crippen LogP contribution < -0.4 is 0 Å². The van der Waals surface area contributed by atoms with E-state index in [-0.39, 0.29) is 0 Å². The Kier molecular flexibility index (Phi) is 2.66. The molecular formula is C13H17NOS. The third kappa shape index (κ3) is 1.92. The number of fused-ring (bicyclic) bond motifs is 1. The highest BCUT2D eigenvalue weighted by Gasteiger charge is 2.16. The van der Waals surface area contributed by atoms with Crippen molar-refractivity contribution in [3.63, 3.8) is 0 Å². The zero-order valence-electron chi connectivity index (χ0n) is 10.2. The first-order chi connectivity index (χ1) is 7.40. The number of hydrogen-bond acceptors (Lipinski definition) is 2. The largest absolute Gasteiger partial charge is 0.245 e. The molecule has 3 heteroatoms. The van der Waals surface area contributed by atoms with E-state index in [9.17, 15) is 4.21 Å². The van der Waals surface area contributed by atoms with E-state index in [0.717, 1.165) is 16.2 Å². The summed E-state index contributed by atoms with van der Waals surface area (Å²) in [6.07, 6.45) is 3.71. The van der Waals surface area contributed by atoms with E-state index in [1.807, 2.05) is 19.1 Å². The van der Waals surface area contributed by atoms with Gasteiger partial charge in [-0.15, -0.1) is 0 Å². The van der Waals surface area contributed by atoms with Gasteiger partial charge in [-0.05, 0) is 36.1 Å². The van der Waals surface area contributed by atoms with E-state index in [0.29, 0.717) is 5.92 Å². The number of benzene rings is 1. The molecule has 0 spiro atoms. The lowest BCUT2D eigenvalue weighted by Crippen LogP contribution is -2.05. The van der Waals surface area contributed by atoms with Crippen molar-refractivity contribution < 1.29 is 4.21 Å². The summed E-state index contributed by atoms with van der Waals surface area (Å²) in [5, 5.41) is 0. The van der Waals surface area contributed by atoms with Gasteiger partial charge in [-0.1, -0.05) is 26.0 Å². The second-order valence-electron chi connectivity index (χ2n) is 4.63. The van der Waals surface area contributed by atoms with Gasteiger partial charge in [-0.2, -0.15) is 0 Å². The molecule has 0 amide bonds. The lowest BCUT2D eigenvalue weighted by Gasteiger charge is -2.16. The molecule has 1 aromatic rings. The van der Waals surface area contributed by atoms with Crippen molar-refractivity contribution in [1.29, 1.82) is 0 Å². The molecule has 1 aliphatic heterocycles. The van der Waals surface area contributed by atoms with Crippen molar-refractivity contribution in [2.75, 3.05) is 6.26 Å². The molecule has 1 aromatic carbocycles. The van der Waals surface area contributed by atoms with Gasteiger partial charge in [0.15, 0.2) is 0 Å². The summed E-state index contributed by atoms with van der Waals surface area (Å²) in [6, 6.07) is 6.14. The molecule has 1 unspecified atom stereocenters. The molecule has 86 valence electrons. The molecule has 0 N–H and O–H groups in total. The van der Waals surface area contributed by atoms with Crippen LogP contribution >= 0.6 is 0 Å². The van der Waals surface area contributed by atoms with Crippen LogP contribution in [0.1, 0.15) is 37.8 Å². The van der Waals surface area contributed by atoms with E-state index in [2.05, 4.69) is 30.3 Å². The maximum atomic E-state index is 12.3. The Hall–Kier alpha value is -1.09. The van der Waals surface area contributed by atoms with Crippen molar-refractivity contribution in [1.82, 2.24) is 0 Å². The summed E-state index contributed by atoms with van der Waals surface area (Å²) in [5.41, 5.74) is 3.19. The van der Waals surface area contributed by atoms with Gasteiger partial charge in [0.1, 0.15) is 0 Å². The molecule has 1 atom stereocenters. The molecule has 0 saturated carbocycles. The minimum Gasteiger partial charge on any atom is -0.245 e. The third-order valence-corrected chi connectivity index (χ3v) is 4.62. The van der Waals surface area contributed by atoms with Crippen LogP contribution in [0.4, 0.5) is 0 Å². The summed E-state index contributed by atoms with van der Waals surface area (Å²) in [6.45, 7) is 6.22. The van der Waals surface area contributed by atoms with E-state index < -0.39 is 9.73 Å². The fraction of sp³-hybridized carbons (Fsp3) is 0.385. The summed E-state index contributed by atoms with van der Waals surface area (Å²) in [7, 11) is -2.23. The number of hydrogen-bond donors (Lipinski definition) is 0. The Morgan fingerprint density at radius 3 is 2.62 bits per heavy atom. The first-order valence-electron chi connectivity index (χ1n) is 5.44. The molecule has 16 heavy (non-hydrogen) atoms. The van der Waals surface area contributed by atoms with Crippen LogP contribution in [0.25, 0.3) is 6.08 Å². The highest BCUT2D eigenvalue weighted by molar-refractivity contribution is 7.93. The topological polar surface area (TPSA) is 29.4 Å². The Bertz CT molecular complexity index is 576. The Morgan fingerprint density at radius 1 is 1.31 bits per heavy atom. The second kappa shape index (κ2) is 3.74. The van der Waals surface area contributed by atoms with Gasteiger partial charge in [0.2, 0.25) is 0 Å². The molecule has 0 radical (unpaired) electrons. The molecule has 0 aromatic heterocycles. The molecule has 1 aliphatic rings. The monoisotopic (exact) mass is 235 g/mol. The van der Waals surface area contributed by atoms with Crippen molar-refractivity contribution >= 4 is 15.8 Å². The Morgan fingerprint density at radius 2 is 2.00 bits per heavy atom.